The van der Waals surface area contributed by atoms with E-state index >= 15 is 4.39 Å². The summed E-state index contributed by atoms with van der Waals surface area (Å²) in [7, 11) is 0. The minimum atomic E-state index is -2.01. The van der Waals surface area contributed by atoms with Crippen molar-refractivity contribution < 1.29 is 28.5 Å². The molecule has 5 atom stereocenters. The van der Waals surface area contributed by atoms with Crippen molar-refractivity contribution >= 4 is 11.8 Å². The van der Waals surface area contributed by atoms with Crippen molar-refractivity contribution in [2.75, 3.05) is 18.9 Å². The van der Waals surface area contributed by atoms with Crippen LogP contribution in [0.2, 0.25) is 0 Å². The molecule has 13 heteroatoms. The van der Waals surface area contributed by atoms with E-state index in [4.69, 9.17) is 25.5 Å². The Bertz CT molecular complexity index is 889. The van der Waals surface area contributed by atoms with Crippen molar-refractivity contribution in [1.29, 1.82) is 0 Å². The topological polar surface area (TPSA) is 175 Å². The zero-order valence-corrected chi connectivity index (χ0v) is 17.7. The second-order valence-corrected chi connectivity index (χ2v) is 7.90. The zero-order chi connectivity index (χ0) is 23.3. The lowest BCUT2D eigenvalue weighted by Gasteiger charge is -2.34. The van der Waals surface area contributed by atoms with E-state index in [1.165, 1.54) is 12.3 Å². The molecule has 31 heavy (non-hydrogen) atoms. The summed E-state index contributed by atoms with van der Waals surface area (Å²) in [4.78, 5) is 30.5. The summed E-state index contributed by atoms with van der Waals surface area (Å²) >= 11 is 0. The number of nitrogens with two attached hydrogens (primary N) is 1. The third kappa shape index (κ3) is 5.50. The number of aromatic nitrogens is 2. The average Bonchev–Trinajstić information content (AvgIpc) is 2.96. The lowest BCUT2D eigenvalue weighted by atomic mass is 9.96. The van der Waals surface area contributed by atoms with Crippen LogP contribution in [0, 0.1) is 11.8 Å². The van der Waals surface area contributed by atoms with Gasteiger partial charge in [-0.15, -0.1) is 0 Å². The van der Waals surface area contributed by atoms with Gasteiger partial charge in [0, 0.05) is 17.0 Å². The lowest BCUT2D eigenvalue weighted by Crippen LogP contribution is -2.52. The highest BCUT2D eigenvalue weighted by Crippen LogP contribution is 2.42. The first-order chi connectivity index (χ1) is 14.5. The first kappa shape index (κ1) is 24.5. The largest absolute Gasteiger partial charge is 0.462 e. The molecule has 172 valence electrons. The molecular weight excluding hydrogens is 415 g/mol. The fraction of sp³-hybridized carbons (Fsp3) is 0.722. The van der Waals surface area contributed by atoms with Crippen molar-refractivity contribution in [3.8, 4) is 0 Å². The van der Waals surface area contributed by atoms with Gasteiger partial charge in [-0.2, -0.15) is 4.98 Å². The Labute approximate surface area is 177 Å². The normalized spacial score (nSPS) is 26.6. The van der Waals surface area contributed by atoms with Crippen molar-refractivity contribution in [2.24, 2.45) is 17.0 Å². The number of anilines is 1. The van der Waals surface area contributed by atoms with E-state index in [0.717, 1.165) is 4.57 Å². The van der Waals surface area contributed by atoms with Gasteiger partial charge in [-0.3, -0.25) is 9.36 Å². The maximum absolute atomic E-state index is 15.6. The van der Waals surface area contributed by atoms with Gasteiger partial charge < -0.3 is 25.1 Å². The van der Waals surface area contributed by atoms with Gasteiger partial charge in [0.1, 0.15) is 24.1 Å². The monoisotopic (exact) mass is 442 g/mol. The van der Waals surface area contributed by atoms with Gasteiger partial charge in [0.25, 0.3) is 0 Å². The van der Waals surface area contributed by atoms with Gasteiger partial charge in [-0.1, -0.05) is 32.8 Å². The summed E-state index contributed by atoms with van der Waals surface area (Å²) in [5.74, 6) is -1.57. The number of nitrogens with zero attached hydrogens (tertiary/aromatic N) is 5. The molecule has 0 bridgehead atoms. The van der Waals surface area contributed by atoms with Crippen molar-refractivity contribution in [3.63, 3.8) is 0 Å². The molecule has 0 radical (unpaired) electrons. The molecule has 0 aliphatic carbocycles. The zero-order valence-electron chi connectivity index (χ0n) is 17.7. The van der Waals surface area contributed by atoms with E-state index in [0.29, 0.717) is 0 Å². The number of halogens is 1. The fourth-order valence-electron chi connectivity index (χ4n) is 2.95. The number of nitrogen functional groups attached to an aromatic ring is 1. The molecule has 0 aromatic carbocycles. The van der Waals surface area contributed by atoms with Crippen LogP contribution in [-0.2, 0) is 19.0 Å². The van der Waals surface area contributed by atoms with Crippen LogP contribution in [0.15, 0.2) is 22.2 Å². The van der Waals surface area contributed by atoms with Crippen LogP contribution in [0.1, 0.15) is 33.9 Å². The van der Waals surface area contributed by atoms with Gasteiger partial charge in [0.15, 0.2) is 18.7 Å². The Kier molecular flexibility index (Phi) is 7.96. The van der Waals surface area contributed by atoms with Crippen LogP contribution in [0.4, 0.5) is 10.2 Å². The first-order valence-corrected chi connectivity index (χ1v) is 9.70. The van der Waals surface area contributed by atoms with Gasteiger partial charge >= 0.3 is 11.7 Å². The second kappa shape index (κ2) is 10.1. The summed E-state index contributed by atoms with van der Waals surface area (Å²) in [5, 5.41) is 13.7. The third-order valence-electron chi connectivity index (χ3n) is 4.75. The molecule has 2 heterocycles. The van der Waals surface area contributed by atoms with Gasteiger partial charge in [0.05, 0.1) is 12.5 Å². The van der Waals surface area contributed by atoms with E-state index in [-0.39, 0.29) is 5.82 Å². The standard InChI is InChI=1S/C18H27FN6O6/c1-9(2)15(26)29-8-18(7-22-24-21)13(30-16(27)10(3)4)12(19)14(31-18)25-6-5-11(20)23-17(25)28/h5-6,9-10,12-14,16,27H,7-8H2,1-4H3,(H2,20,23,28)/t12-,13+,14-,16?,18-/m1/s1. The predicted molar refractivity (Wildman–Crippen MR) is 106 cm³/mol. The molecule has 1 unspecified atom stereocenters. The number of alkyl halides is 1. The summed E-state index contributed by atoms with van der Waals surface area (Å²) in [5.41, 5.74) is 11.6. The molecule has 1 aromatic heterocycles. The van der Waals surface area contributed by atoms with Crippen molar-refractivity contribution in [1.82, 2.24) is 9.55 Å². The number of esters is 1. The van der Waals surface area contributed by atoms with Crippen LogP contribution in [0.3, 0.4) is 0 Å². The minimum Gasteiger partial charge on any atom is -0.462 e. The first-order valence-electron chi connectivity index (χ1n) is 9.70. The highest BCUT2D eigenvalue weighted by Gasteiger charge is 2.59. The number of hydrogen-bond acceptors (Lipinski definition) is 9. The molecule has 1 fully saturated rings. The number of aliphatic hydroxyl groups is 1. The number of carbonyl (C=O) groups excluding carboxylic acids is 1. The van der Waals surface area contributed by atoms with Gasteiger partial charge in [-0.05, 0) is 11.6 Å². The third-order valence-corrected chi connectivity index (χ3v) is 4.75. The maximum Gasteiger partial charge on any atom is 0.351 e. The summed E-state index contributed by atoms with van der Waals surface area (Å²) in [6, 6.07) is 1.28. The molecule has 0 spiro atoms. The number of hydrogen-bond donors (Lipinski definition) is 2. The molecule has 0 amide bonds. The Morgan fingerprint density at radius 2 is 2.19 bits per heavy atom. The maximum atomic E-state index is 15.6. The highest BCUT2D eigenvalue weighted by molar-refractivity contribution is 5.71. The molecule has 3 N–H and O–H groups in total. The molecule has 1 aliphatic heterocycles. The Morgan fingerprint density at radius 1 is 1.52 bits per heavy atom. The van der Waals surface area contributed by atoms with Crippen LogP contribution in [0.5, 0.6) is 0 Å². The Balaban J connectivity index is 2.50. The molecule has 1 aliphatic rings. The number of azide groups is 1. The smallest absolute Gasteiger partial charge is 0.351 e. The average molecular weight is 442 g/mol. The molecule has 1 saturated heterocycles. The van der Waals surface area contributed by atoms with Gasteiger partial charge in [0.2, 0.25) is 0 Å². The lowest BCUT2D eigenvalue weighted by molar-refractivity contribution is -0.213. The molecular formula is C18H27FN6O6. The highest BCUT2D eigenvalue weighted by atomic mass is 19.1. The van der Waals surface area contributed by atoms with E-state index in [2.05, 4.69) is 15.0 Å². The Hall–Kier alpha value is -2.73. The van der Waals surface area contributed by atoms with Crippen LogP contribution >= 0.6 is 0 Å². The number of ether oxygens (including phenoxy) is 3. The minimum absolute atomic E-state index is 0.0658. The summed E-state index contributed by atoms with van der Waals surface area (Å²) in [6.45, 7) is 5.48. The molecule has 0 saturated carbocycles. The van der Waals surface area contributed by atoms with Crippen LogP contribution in [0.25, 0.3) is 10.4 Å². The molecule has 2 rings (SSSR count). The van der Waals surface area contributed by atoms with E-state index in [1.807, 2.05) is 0 Å². The quantitative estimate of drug-likeness (QED) is 0.189. The van der Waals surface area contributed by atoms with Gasteiger partial charge in [-0.25, -0.2) is 9.18 Å². The fourth-order valence-corrected chi connectivity index (χ4v) is 2.95. The number of rotatable bonds is 9. The summed E-state index contributed by atoms with van der Waals surface area (Å²) in [6.07, 6.45) is -5.32. The molecule has 12 nitrogen and oxygen atoms in total. The van der Waals surface area contributed by atoms with Crippen LogP contribution < -0.4 is 11.4 Å². The SMILES string of the molecule is CC(C)C(=O)OC[C@@]1(CN=[N+]=[N-])O[C@@H](n2ccc(N)nc2=O)[C@H](F)[C@@H]1OC(O)C(C)C. The van der Waals surface area contributed by atoms with Crippen LogP contribution in [-0.4, -0.2) is 57.9 Å². The van der Waals surface area contributed by atoms with Crippen molar-refractivity contribution in [2.45, 2.75) is 58.1 Å². The van der Waals surface area contributed by atoms with E-state index in [9.17, 15) is 14.7 Å². The van der Waals surface area contributed by atoms with E-state index in [1.54, 1.807) is 27.7 Å². The predicted octanol–water partition coefficient (Wildman–Crippen LogP) is 1.30. The Morgan fingerprint density at radius 3 is 2.74 bits per heavy atom. The number of aliphatic hydroxyl groups excluding tert-OH is 1. The summed E-state index contributed by atoms with van der Waals surface area (Å²) < 4.78 is 33.0. The van der Waals surface area contributed by atoms with Crippen molar-refractivity contribution in [3.05, 3.63) is 33.2 Å². The molecule has 1 aromatic rings. The van der Waals surface area contributed by atoms with E-state index < -0.39 is 67.0 Å². The number of carbonyl (C=O) groups is 1. The second-order valence-electron chi connectivity index (χ2n) is 7.90.